The largest absolute Gasteiger partial charge is 0.480 e. The molecule has 8 heteroatoms. The Bertz CT molecular complexity index is 526. The first-order valence-electron chi connectivity index (χ1n) is 6.13. The highest BCUT2D eigenvalue weighted by Crippen LogP contribution is 2.27. The van der Waals surface area contributed by atoms with Crippen molar-refractivity contribution in [3.63, 3.8) is 0 Å². The third-order valence-electron chi connectivity index (χ3n) is 2.69. The normalized spacial score (nSPS) is 12.3. The van der Waals surface area contributed by atoms with Crippen LogP contribution in [0.4, 0.5) is 5.69 Å². The summed E-state index contributed by atoms with van der Waals surface area (Å²) in [6.07, 6.45) is 0. The zero-order valence-corrected chi connectivity index (χ0v) is 17.9. The van der Waals surface area contributed by atoms with Crippen LogP contribution in [0.25, 0.3) is 0 Å². The van der Waals surface area contributed by atoms with Gasteiger partial charge in [-0.1, -0.05) is 13.8 Å². The average molecular weight is 628 g/mol. The van der Waals surface area contributed by atoms with Crippen LogP contribution in [0.3, 0.4) is 0 Å². The van der Waals surface area contributed by atoms with Gasteiger partial charge in [-0.15, -0.1) is 0 Å². The molecule has 0 aliphatic heterocycles. The molecule has 0 fully saturated rings. The minimum atomic E-state index is -0.948. The molecular weight excluding hydrogens is 613 g/mol. The first-order valence-corrected chi connectivity index (χ1v) is 9.36. The van der Waals surface area contributed by atoms with Crippen molar-refractivity contribution < 1.29 is 14.7 Å². The number of aliphatic carboxylic acids is 1. The lowest BCUT2D eigenvalue weighted by Crippen LogP contribution is -2.44. The van der Waals surface area contributed by atoms with Gasteiger partial charge in [0.15, 0.2) is 0 Å². The lowest BCUT2D eigenvalue weighted by molar-refractivity contribution is -0.140. The van der Waals surface area contributed by atoms with E-state index in [0.29, 0.717) is 0 Å². The van der Waals surface area contributed by atoms with Crippen molar-refractivity contribution in [1.29, 1.82) is 0 Å². The zero-order chi connectivity index (χ0) is 16.2. The molecule has 5 nitrogen and oxygen atoms in total. The predicted octanol–water partition coefficient (Wildman–Crippen LogP) is 3.14. The molecule has 1 aromatic carbocycles. The van der Waals surface area contributed by atoms with E-state index in [9.17, 15) is 9.59 Å². The maximum Gasteiger partial charge on any atom is 0.320 e. The monoisotopic (exact) mass is 628 g/mol. The Morgan fingerprint density at radius 3 is 2.14 bits per heavy atom. The van der Waals surface area contributed by atoms with Crippen LogP contribution >= 0.6 is 67.8 Å². The van der Waals surface area contributed by atoms with Crippen molar-refractivity contribution in [2.75, 3.05) is 11.9 Å². The minimum absolute atomic E-state index is 0.0344. The Balaban J connectivity index is 2.69. The van der Waals surface area contributed by atoms with E-state index in [4.69, 9.17) is 5.11 Å². The SMILES string of the molecule is CC(C)C(NCC(=O)Nc1c(I)cc(I)cc1I)C(=O)O. The highest BCUT2D eigenvalue weighted by atomic mass is 127. The van der Waals surface area contributed by atoms with Crippen LogP contribution < -0.4 is 10.6 Å². The molecule has 0 bridgehead atoms. The minimum Gasteiger partial charge on any atom is -0.480 e. The third kappa shape index (κ3) is 6.14. The van der Waals surface area contributed by atoms with Crippen molar-refractivity contribution >= 4 is 85.3 Å². The molecule has 1 aromatic rings. The van der Waals surface area contributed by atoms with E-state index in [-0.39, 0.29) is 18.4 Å². The fourth-order valence-electron chi connectivity index (χ4n) is 1.66. The Hall–Kier alpha value is 0.310. The van der Waals surface area contributed by atoms with E-state index in [0.717, 1.165) is 16.4 Å². The first kappa shape index (κ1) is 19.4. The molecule has 0 saturated carbocycles. The molecule has 1 amide bonds. The summed E-state index contributed by atoms with van der Waals surface area (Å²) in [5, 5.41) is 14.7. The molecule has 0 aromatic heterocycles. The Labute approximate surface area is 164 Å². The number of carbonyl (C=O) groups excluding carboxylic acids is 1. The fourth-order valence-corrected chi connectivity index (χ4v) is 5.51. The number of carboxylic acids is 1. The highest BCUT2D eigenvalue weighted by molar-refractivity contribution is 14.1. The topological polar surface area (TPSA) is 78.4 Å². The molecule has 21 heavy (non-hydrogen) atoms. The van der Waals surface area contributed by atoms with Gasteiger partial charge in [0, 0.05) is 10.7 Å². The second-order valence-electron chi connectivity index (χ2n) is 4.73. The lowest BCUT2D eigenvalue weighted by Gasteiger charge is -2.18. The Kier molecular flexibility index (Phi) is 8.13. The number of nitrogens with one attached hydrogen (secondary N) is 2. The number of rotatable bonds is 6. The van der Waals surface area contributed by atoms with Gasteiger partial charge in [-0.05, 0) is 85.8 Å². The number of halogens is 3. The van der Waals surface area contributed by atoms with E-state index >= 15 is 0 Å². The van der Waals surface area contributed by atoms with E-state index in [1.54, 1.807) is 13.8 Å². The molecule has 0 aliphatic carbocycles. The van der Waals surface area contributed by atoms with Gasteiger partial charge in [0.25, 0.3) is 0 Å². The number of benzene rings is 1. The van der Waals surface area contributed by atoms with Crippen molar-refractivity contribution in [3.05, 3.63) is 22.8 Å². The van der Waals surface area contributed by atoms with Crippen LogP contribution in [0.1, 0.15) is 13.8 Å². The molecule has 0 aliphatic rings. The molecule has 1 rings (SSSR count). The van der Waals surface area contributed by atoms with Crippen molar-refractivity contribution in [2.45, 2.75) is 19.9 Å². The molecule has 3 N–H and O–H groups in total. The smallest absolute Gasteiger partial charge is 0.320 e. The van der Waals surface area contributed by atoms with Gasteiger partial charge in [-0.2, -0.15) is 0 Å². The molecule has 1 unspecified atom stereocenters. The van der Waals surface area contributed by atoms with Crippen molar-refractivity contribution in [3.8, 4) is 0 Å². The number of hydrogen-bond acceptors (Lipinski definition) is 3. The fraction of sp³-hybridized carbons (Fsp3) is 0.385. The summed E-state index contributed by atoms with van der Waals surface area (Å²) < 4.78 is 3.01. The predicted molar refractivity (Wildman–Crippen MR) is 107 cm³/mol. The first-order chi connectivity index (χ1) is 9.72. The maximum atomic E-state index is 12.0. The van der Waals surface area contributed by atoms with Gasteiger partial charge >= 0.3 is 5.97 Å². The summed E-state index contributed by atoms with van der Waals surface area (Å²) in [6.45, 7) is 3.57. The summed E-state index contributed by atoms with van der Waals surface area (Å²) in [6, 6.07) is 3.21. The molecule has 116 valence electrons. The summed E-state index contributed by atoms with van der Waals surface area (Å²) in [5.41, 5.74) is 0.764. The maximum absolute atomic E-state index is 12.0. The summed E-state index contributed by atoms with van der Waals surface area (Å²) in [7, 11) is 0. The van der Waals surface area contributed by atoms with E-state index in [2.05, 4.69) is 78.4 Å². The van der Waals surface area contributed by atoms with Gasteiger partial charge in [-0.3, -0.25) is 14.9 Å². The molecule has 0 radical (unpaired) electrons. The number of hydrogen-bond donors (Lipinski definition) is 3. The van der Waals surface area contributed by atoms with Gasteiger partial charge in [0.1, 0.15) is 6.04 Å². The van der Waals surface area contributed by atoms with Crippen LogP contribution in [0.5, 0.6) is 0 Å². The summed E-state index contributed by atoms with van der Waals surface area (Å²) in [5.74, 6) is -1.29. The van der Waals surface area contributed by atoms with Crippen molar-refractivity contribution in [2.24, 2.45) is 5.92 Å². The van der Waals surface area contributed by atoms with Crippen LogP contribution in [-0.2, 0) is 9.59 Å². The quantitative estimate of drug-likeness (QED) is 0.424. The van der Waals surface area contributed by atoms with Crippen LogP contribution in [-0.4, -0.2) is 29.6 Å². The van der Waals surface area contributed by atoms with Gasteiger partial charge in [0.05, 0.1) is 12.2 Å². The van der Waals surface area contributed by atoms with Crippen LogP contribution in [0.2, 0.25) is 0 Å². The van der Waals surface area contributed by atoms with Gasteiger partial charge in [0.2, 0.25) is 5.91 Å². The van der Waals surface area contributed by atoms with Gasteiger partial charge in [-0.25, -0.2) is 0 Å². The summed E-state index contributed by atoms with van der Waals surface area (Å²) in [4.78, 5) is 23.0. The molecule has 0 saturated heterocycles. The molecule has 0 spiro atoms. The van der Waals surface area contributed by atoms with Gasteiger partial charge < -0.3 is 10.4 Å². The second kappa shape index (κ2) is 8.82. The number of carbonyl (C=O) groups is 2. The van der Waals surface area contributed by atoms with Crippen molar-refractivity contribution in [1.82, 2.24) is 5.32 Å². The van der Waals surface area contributed by atoms with Crippen LogP contribution in [0, 0.1) is 16.6 Å². The average Bonchev–Trinajstić information content (AvgIpc) is 2.33. The molecule has 0 heterocycles. The van der Waals surface area contributed by atoms with E-state index in [1.807, 2.05) is 12.1 Å². The number of amides is 1. The second-order valence-corrected chi connectivity index (χ2v) is 8.30. The molecular formula is C13H15I3N2O3. The summed E-state index contributed by atoms with van der Waals surface area (Å²) >= 11 is 6.56. The Morgan fingerprint density at radius 2 is 1.71 bits per heavy atom. The number of anilines is 1. The standard InChI is InChI=1S/C13H15I3N2O3/c1-6(2)11(13(20)21)17-5-10(19)18-12-8(15)3-7(14)4-9(12)16/h3-4,6,11,17H,5H2,1-2H3,(H,18,19)(H,20,21). The Morgan fingerprint density at radius 1 is 1.19 bits per heavy atom. The van der Waals surface area contributed by atoms with Crippen LogP contribution in [0.15, 0.2) is 12.1 Å². The number of carboxylic acid groups (broad SMARTS) is 1. The van der Waals surface area contributed by atoms with E-state index in [1.165, 1.54) is 0 Å². The molecule has 1 atom stereocenters. The van der Waals surface area contributed by atoms with E-state index < -0.39 is 12.0 Å². The zero-order valence-electron chi connectivity index (χ0n) is 11.4. The highest BCUT2D eigenvalue weighted by Gasteiger charge is 2.21. The third-order valence-corrected chi connectivity index (χ3v) is 5.01. The lowest BCUT2D eigenvalue weighted by atomic mass is 10.1.